The molecule has 2 saturated heterocycles. The molecule has 2 aliphatic rings. The number of carbonyl (C=O) groups is 1. The zero-order valence-electron chi connectivity index (χ0n) is 19.3. The molecule has 2 N–H and O–H groups in total. The molecular formula is C24H34N6O2. The molecule has 1 aromatic heterocycles. The van der Waals surface area contributed by atoms with E-state index in [1.165, 1.54) is 5.56 Å². The summed E-state index contributed by atoms with van der Waals surface area (Å²) in [6.45, 7) is 8.46. The fourth-order valence-corrected chi connectivity index (χ4v) is 4.78. The van der Waals surface area contributed by atoms with Gasteiger partial charge in [-0.05, 0) is 43.4 Å². The molecule has 2 unspecified atom stereocenters. The number of imidazole rings is 1. The van der Waals surface area contributed by atoms with E-state index < -0.39 is 0 Å². The molecular weight excluding hydrogens is 404 g/mol. The molecule has 2 aromatic rings. The summed E-state index contributed by atoms with van der Waals surface area (Å²) < 4.78 is 7.44. The van der Waals surface area contributed by atoms with E-state index >= 15 is 0 Å². The smallest absolute Gasteiger partial charge is 0.212 e. The van der Waals surface area contributed by atoms with Crippen molar-refractivity contribution in [2.45, 2.75) is 39.2 Å². The molecule has 8 heteroatoms. The van der Waals surface area contributed by atoms with Crippen molar-refractivity contribution in [1.82, 2.24) is 19.9 Å². The topological polar surface area (TPSA) is 83.8 Å². The Hall–Kier alpha value is -2.71. The number of hydrogen-bond donors (Lipinski definition) is 2. The maximum atomic E-state index is 11.5. The van der Waals surface area contributed by atoms with Gasteiger partial charge in [0.05, 0.1) is 11.9 Å². The Morgan fingerprint density at radius 3 is 2.69 bits per heavy atom. The molecule has 1 amide bonds. The highest BCUT2D eigenvalue weighted by Gasteiger charge is 2.34. The Kier molecular flexibility index (Phi) is 7.22. The first-order valence-electron chi connectivity index (χ1n) is 11.5. The van der Waals surface area contributed by atoms with Gasteiger partial charge < -0.3 is 15.4 Å². The van der Waals surface area contributed by atoms with E-state index in [2.05, 4.69) is 51.7 Å². The number of likely N-dealkylation sites (tertiary alicyclic amines) is 1. The van der Waals surface area contributed by atoms with Crippen molar-refractivity contribution in [1.29, 1.82) is 0 Å². The Labute approximate surface area is 190 Å². The third-order valence-corrected chi connectivity index (χ3v) is 6.62. The number of hydrogen-bond acceptors (Lipinski definition) is 6. The second-order valence-electron chi connectivity index (χ2n) is 8.93. The van der Waals surface area contributed by atoms with Crippen LogP contribution < -0.4 is 10.6 Å². The van der Waals surface area contributed by atoms with Crippen LogP contribution in [0.2, 0.25) is 0 Å². The van der Waals surface area contributed by atoms with Crippen molar-refractivity contribution in [3.63, 3.8) is 0 Å². The number of amidine groups is 1. The standard InChI is InChI=1S/C24H34N6O2/c1-17-13-29(14-19-4-6-21(25-3)7-5-19)15-22(17)23(27-16-31)28-30-18(2)12-26-24(30)20-8-10-32-11-9-20/h4-7,12,16-17,20,22,25H,8-11,13-15H2,1-3H3,(H,27,28,31). The van der Waals surface area contributed by atoms with E-state index in [-0.39, 0.29) is 5.92 Å². The number of aryl methyl sites for hydroxylation is 1. The molecule has 0 bridgehead atoms. The van der Waals surface area contributed by atoms with Gasteiger partial charge in [0, 0.05) is 57.4 Å². The van der Waals surface area contributed by atoms with Crippen LogP contribution in [0, 0.1) is 18.8 Å². The maximum Gasteiger partial charge on any atom is 0.212 e. The Balaban J connectivity index is 1.53. The quantitative estimate of drug-likeness (QED) is 0.395. The summed E-state index contributed by atoms with van der Waals surface area (Å²) >= 11 is 0. The summed E-state index contributed by atoms with van der Waals surface area (Å²) in [5.74, 6) is 2.55. The minimum atomic E-state index is 0.154. The molecule has 2 aliphatic heterocycles. The largest absolute Gasteiger partial charge is 0.388 e. The van der Waals surface area contributed by atoms with Crippen molar-refractivity contribution in [3.8, 4) is 0 Å². The SMILES string of the molecule is CNc1ccc(CN2CC(C)C(/C(=N/n3c(C)cnc3C3CCOCC3)NC=O)C2)cc1. The number of amides is 1. The second-order valence-corrected chi connectivity index (χ2v) is 8.93. The van der Waals surface area contributed by atoms with E-state index in [0.717, 1.165) is 75.1 Å². The second kappa shape index (κ2) is 10.3. The third-order valence-electron chi connectivity index (χ3n) is 6.62. The van der Waals surface area contributed by atoms with Gasteiger partial charge in [-0.25, -0.2) is 9.66 Å². The van der Waals surface area contributed by atoms with Crippen LogP contribution >= 0.6 is 0 Å². The molecule has 0 spiro atoms. The molecule has 32 heavy (non-hydrogen) atoms. The van der Waals surface area contributed by atoms with Crippen LogP contribution in [0.4, 0.5) is 5.69 Å². The van der Waals surface area contributed by atoms with Crippen LogP contribution in [0.5, 0.6) is 0 Å². The van der Waals surface area contributed by atoms with E-state index in [0.29, 0.717) is 11.8 Å². The number of ether oxygens (including phenoxy) is 1. The van der Waals surface area contributed by atoms with E-state index in [9.17, 15) is 4.79 Å². The first-order chi connectivity index (χ1) is 15.6. The summed E-state index contributed by atoms with van der Waals surface area (Å²) in [6.07, 6.45) is 4.50. The number of aromatic nitrogens is 2. The number of benzene rings is 1. The number of nitrogens with zero attached hydrogens (tertiary/aromatic N) is 4. The van der Waals surface area contributed by atoms with Crippen molar-refractivity contribution in [2.24, 2.45) is 16.9 Å². The minimum absolute atomic E-state index is 0.154. The number of carbonyl (C=O) groups excluding carboxylic acids is 1. The highest BCUT2D eigenvalue weighted by molar-refractivity contribution is 5.92. The zero-order valence-corrected chi connectivity index (χ0v) is 19.3. The lowest BCUT2D eigenvalue weighted by Gasteiger charge is -2.22. The van der Waals surface area contributed by atoms with Crippen LogP contribution in [-0.4, -0.2) is 60.2 Å². The summed E-state index contributed by atoms with van der Waals surface area (Å²) in [5, 5.41) is 11.0. The van der Waals surface area contributed by atoms with Crippen LogP contribution in [0.15, 0.2) is 35.6 Å². The molecule has 172 valence electrons. The molecule has 2 fully saturated rings. The molecule has 0 saturated carbocycles. The van der Waals surface area contributed by atoms with Crippen LogP contribution in [0.3, 0.4) is 0 Å². The predicted octanol–water partition coefficient (Wildman–Crippen LogP) is 2.80. The Bertz CT molecular complexity index is 932. The predicted molar refractivity (Wildman–Crippen MR) is 126 cm³/mol. The fraction of sp³-hybridized carbons (Fsp3) is 0.542. The van der Waals surface area contributed by atoms with Crippen molar-refractivity contribution in [3.05, 3.63) is 47.5 Å². The van der Waals surface area contributed by atoms with Crippen molar-refractivity contribution < 1.29 is 9.53 Å². The number of rotatable bonds is 7. The van der Waals surface area contributed by atoms with Crippen LogP contribution in [0.1, 0.15) is 42.8 Å². The van der Waals surface area contributed by atoms with Crippen LogP contribution in [-0.2, 0) is 16.1 Å². The zero-order chi connectivity index (χ0) is 22.5. The van der Waals surface area contributed by atoms with Crippen molar-refractivity contribution in [2.75, 3.05) is 38.7 Å². The summed E-state index contributed by atoms with van der Waals surface area (Å²) in [6, 6.07) is 8.54. The summed E-state index contributed by atoms with van der Waals surface area (Å²) in [7, 11) is 1.93. The third kappa shape index (κ3) is 5.02. The van der Waals surface area contributed by atoms with E-state index in [1.807, 2.05) is 24.8 Å². The van der Waals surface area contributed by atoms with Gasteiger partial charge >= 0.3 is 0 Å². The summed E-state index contributed by atoms with van der Waals surface area (Å²) in [5.41, 5.74) is 3.37. The van der Waals surface area contributed by atoms with Gasteiger partial charge in [0.1, 0.15) is 11.7 Å². The molecule has 1 aromatic carbocycles. The highest BCUT2D eigenvalue weighted by Crippen LogP contribution is 2.29. The van der Waals surface area contributed by atoms with Gasteiger partial charge in [-0.2, -0.15) is 5.10 Å². The lowest BCUT2D eigenvalue weighted by atomic mass is 9.97. The van der Waals surface area contributed by atoms with E-state index in [1.54, 1.807) is 0 Å². The monoisotopic (exact) mass is 438 g/mol. The Morgan fingerprint density at radius 1 is 1.25 bits per heavy atom. The Morgan fingerprint density at radius 2 is 2.00 bits per heavy atom. The molecule has 0 aliphatic carbocycles. The first kappa shape index (κ1) is 22.5. The van der Waals surface area contributed by atoms with E-state index in [4.69, 9.17) is 9.84 Å². The minimum Gasteiger partial charge on any atom is -0.388 e. The van der Waals surface area contributed by atoms with Gasteiger partial charge in [-0.3, -0.25) is 9.69 Å². The highest BCUT2D eigenvalue weighted by atomic mass is 16.5. The van der Waals surface area contributed by atoms with Crippen LogP contribution in [0.25, 0.3) is 0 Å². The molecule has 3 heterocycles. The van der Waals surface area contributed by atoms with Gasteiger partial charge in [0.15, 0.2) is 0 Å². The van der Waals surface area contributed by atoms with Gasteiger partial charge in [0.25, 0.3) is 0 Å². The van der Waals surface area contributed by atoms with Gasteiger partial charge in [0.2, 0.25) is 6.41 Å². The van der Waals surface area contributed by atoms with Gasteiger partial charge in [-0.1, -0.05) is 19.1 Å². The lowest BCUT2D eigenvalue weighted by molar-refractivity contribution is -0.108. The fourth-order valence-electron chi connectivity index (χ4n) is 4.78. The molecule has 0 radical (unpaired) electrons. The molecule has 4 rings (SSSR count). The molecule has 8 nitrogen and oxygen atoms in total. The van der Waals surface area contributed by atoms with Crippen molar-refractivity contribution >= 4 is 17.9 Å². The molecule has 2 atom stereocenters. The number of anilines is 1. The number of nitrogens with one attached hydrogen (secondary N) is 2. The first-order valence-corrected chi connectivity index (χ1v) is 11.5. The lowest BCUT2D eigenvalue weighted by Crippen LogP contribution is -2.35. The van der Waals surface area contributed by atoms with Gasteiger partial charge in [-0.15, -0.1) is 0 Å². The average Bonchev–Trinajstić information content (AvgIpc) is 3.36. The maximum absolute atomic E-state index is 11.5. The normalized spacial score (nSPS) is 22.8. The average molecular weight is 439 g/mol. The summed E-state index contributed by atoms with van der Waals surface area (Å²) in [4.78, 5) is 18.5.